The summed E-state index contributed by atoms with van der Waals surface area (Å²) in [6.07, 6.45) is 7.59. The zero-order valence-electron chi connectivity index (χ0n) is 15.9. The minimum atomic E-state index is -0.00683. The van der Waals surface area contributed by atoms with E-state index in [0.717, 1.165) is 56.8 Å². The van der Waals surface area contributed by atoms with Gasteiger partial charge in [-0.3, -0.25) is 14.4 Å². The molecule has 2 aliphatic rings. The first kappa shape index (κ1) is 17.3. The van der Waals surface area contributed by atoms with Gasteiger partial charge in [-0.1, -0.05) is 13.8 Å². The van der Waals surface area contributed by atoms with Crippen LogP contribution in [0.5, 0.6) is 0 Å². The lowest BCUT2D eigenvalue weighted by Crippen LogP contribution is -2.53. The minimum Gasteiger partial charge on any atom is -0.472 e. The second kappa shape index (κ2) is 6.58. The van der Waals surface area contributed by atoms with E-state index < -0.39 is 0 Å². The van der Waals surface area contributed by atoms with Gasteiger partial charge in [0, 0.05) is 43.9 Å². The van der Waals surface area contributed by atoms with E-state index in [-0.39, 0.29) is 11.3 Å². The standard InChI is InChI=1S/C20H28N4O2/c1-15(2)10-24-12-17-18(21-24)20(14-22(3)19(17)25)5-7-23(8-6-20)11-16-4-9-26-13-16/h4,9,12-13,15H,5-8,10-11,14H2,1-3H3. The van der Waals surface area contributed by atoms with Gasteiger partial charge in [0.1, 0.15) is 0 Å². The lowest BCUT2D eigenvalue weighted by molar-refractivity contribution is 0.0628. The van der Waals surface area contributed by atoms with Gasteiger partial charge in [0.15, 0.2) is 0 Å². The van der Waals surface area contributed by atoms with Gasteiger partial charge in [-0.2, -0.15) is 5.10 Å². The van der Waals surface area contributed by atoms with E-state index in [2.05, 4.69) is 18.7 Å². The number of amides is 1. The number of fused-ring (bicyclic) bond motifs is 2. The van der Waals surface area contributed by atoms with Crippen LogP contribution in [0.25, 0.3) is 0 Å². The van der Waals surface area contributed by atoms with Crippen molar-refractivity contribution in [1.29, 1.82) is 0 Å². The third-order valence-corrected chi connectivity index (χ3v) is 5.73. The van der Waals surface area contributed by atoms with E-state index in [4.69, 9.17) is 9.52 Å². The SMILES string of the molecule is CC(C)Cn1cc2c(n1)C1(CCN(Cc3ccoc3)CC1)CN(C)C2=O. The van der Waals surface area contributed by atoms with Crippen molar-refractivity contribution in [3.8, 4) is 0 Å². The summed E-state index contributed by atoms with van der Waals surface area (Å²) in [5, 5.41) is 4.89. The van der Waals surface area contributed by atoms with Gasteiger partial charge in [0.2, 0.25) is 0 Å². The number of furan rings is 1. The third-order valence-electron chi connectivity index (χ3n) is 5.73. The minimum absolute atomic E-state index is 0.00683. The topological polar surface area (TPSA) is 54.5 Å². The predicted octanol–water partition coefficient (Wildman–Crippen LogP) is 2.75. The average Bonchev–Trinajstić information content (AvgIpc) is 3.25. The zero-order chi connectivity index (χ0) is 18.3. The lowest BCUT2D eigenvalue weighted by atomic mass is 9.72. The Kier molecular flexibility index (Phi) is 4.39. The van der Waals surface area contributed by atoms with E-state index in [0.29, 0.717) is 5.92 Å². The van der Waals surface area contributed by atoms with Gasteiger partial charge in [-0.15, -0.1) is 0 Å². The summed E-state index contributed by atoms with van der Waals surface area (Å²) in [5.41, 5.74) is 3.05. The van der Waals surface area contributed by atoms with Gasteiger partial charge in [-0.05, 0) is 37.9 Å². The summed E-state index contributed by atoms with van der Waals surface area (Å²) in [6.45, 7) is 8.95. The molecule has 0 aliphatic carbocycles. The summed E-state index contributed by atoms with van der Waals surface area (Å²) in [6, 6.07) is 2.03. The smallest absolute Gasteiger partial charge is 0.257 e. The Labute approximate surface area is 154 Å². The zero-order valence-corrected chi connectivity index (χ0v) is 15.9. The number of hydrogen-bond donors (Lipinski definition) is 0. The lowest BCUT2D eigenvalue weighted by Gasteiger charge is -2.45. The molecule has 0 unspecified atom stereocenters. The highest BCUT2D eigenvalue weighted by atomic mass is 16.3. The van der Waals surface area contributed by atoms with E-state index in [1.165, 1.54) is 5.56 Å². The molecular formula is C20H28N4O2. The number of likely N-dealkylation sites (N-methyl/N-ethyl adjacent to an activating group) is 1. The molecule has 2 aliphatic heterocycles. The predicted molar refractivity (Wildman–Crippen MR) is 98.9 cm³/mol. The highest BCUT2D eigenvalue weighted by Gasteiger charge is 2.46. The van der Waals surface area contributed by atoms with Gasteiger partial charge in [0.25, 0.3) is 5.91 Å². The number of likely N-dealkylation sites (tertiary alicyclic amines) is 1. The monoisotopic (exact) mass is 356 g/mol. The van der Waals surface area contributed by atoms with Gasteiger partial charge in [-0.25, -0.2) is 0 Å². The average molecular weight is 356 g/mol. The molecule has 6 heteroatoms. The normalized spacial score (nSPS) is 20.2. The fraction of sp³-hybridized carbons (Fsp3) is 0.600. The van der Waals surface area contributed by atoms with Crippen LogP contribution in [0.15, 0.2) is 29.2 Å². The number of piperidine rings is 1. The van der Waals surface area contributed by atoms with Gasteiger partial charge >= 0.3 is 0 Å². The Hall–Kier alpha value is -2.08. The van der Waals surface area contributed by atoms with Crippen molar-refractivity contribution in [3.63, 3.8) is 0 Å². The first-order valence-electron chi connectivity index (χ1n) is 9.54. The van der Waals surface area contributed by atoms with Crippen LogP contribution in [0, 0.1) is 5.92 Å². The Morgan fingerprint density at radius 1 is 1.31 bits per heavy atom. The molecule has 0 aromatic carbocycles. The van der Waals surface area contributed by atoms with Crippen LogP contribution in [0.2, 0.25) is 0 Å². The maximum absolute atomic E-state index is 12.7. The van der Waals surface area contributed by atoms with Crippen molar-refractivity contribution in [3.05, 3.63) is 41.6 Å². The van der Waals surface area contributed by atoms with E-state index in [1.54, 1.807) is 6.26 Å². The number of aromatic nitrogens is 2. The summed E-state index contributed by atoms with van der Waals surface area (Å²) in [5.74, 6) is 0.624. The molecule has 26 heavy (non-hydrogen) atoms. The van der Waals surface area contributed by atoms with Crippen LogP contribution in [0.3, 0.4) is 0 Å². The van der Waals surface area contributed by atoms with Crippen molar-refractivity contribution < 1.29 is 9.21 Å². The molecule has 1 amide bonds. The molecule has 1 spiro atoms. The van der Waals surface area contributed by atoms with Crippen molar-refractivity contribution in [2.24, 2.45) is 5.92 Å². The molecule has 2 aromatic rings. The Morgan fingerprint density at radius 2 is 2.08 bits per heavy atom. The first-order valence-corrected chi connectivity index (χ1v) is 9.54. The molecule has 1 fully saturated rings. The highest BCUT2D eigenvalue weighted by Crippen LogP contribution is 2.40. The summed E-state index contributed by atoms with van der Waals surface area (Å²) in [4.78, 5) is 17.0. The van der Waals surface area contributed by atoms with E-state index in [1.807, 2.05) is 35.2 Å². The van der Waals surface area contributed by atoms with Crippen LogP contribution in [0.4, 0.5) is 0 Å². The molecule has 1 saturated heterocycles. The molecule has 0 N–H and O–H groups in total. The number of hydrogen-bond acceptors (Lipinski definition) is 4. The number of nitrogens with zero attached hydrogens (tertiary/aromatic N) is 4. The maximum atomic E-state index is 12.7. The Balaban J connectivity index is 1.56. The Bertz CT molecular complexity index is 770. The van der Waals surface area contributed by atoms with Gasteiger partial charge in [0.05, 0.1) is 23.8 Å². The summed E-state index contributed by atoms with van der Waals surface area (Å²) >= 11 is 0. The molecule has 4 heterocycles. The van der Waals surface area contributed by atoms with Crippen LogP contribution >= 0.6 is 0 Å². The fourth-order valence-corrected chi connectivity index (χ4v) is 4.42. The van der Waals surface area contributed by atoms with E-state index >= 15 is 0 Å². The number of carbonyl (C=O) groups excluding carboxylic acids is 1. The van der Waals surface area contributed by atoms with Crippen molar-refractivity contribution >= 4 is 5.91 Å². The Morgan fingerprint density at radius 3 is 2.73 bits per heavy atom. The molecule has 2 aromatic heterocycles. The molecule has 0 bridgehead atoms. The second-order valence-electron chi connectivity index (χ2n) is 8.36. The maximum Gasteiger partial charge on any atom is 0.257 e. The number of rotatable bonds is 4. The quantitative estimate of drug-likeness (QED) is 0.845. The molecule has 140 valence electrons. The summed E-state index contributed by atoms with van der Waals surface area (Å²) < 4.78 is 7.17. The fourth-order valence-electron chi connectivity index (χ4n) is 4.42. The van der Waals surface area contributed by atoms with E-state index in [9.17, 15) is 4.79 Å². The highest BCUT2D eigenvalue weighted by molar-refractivity contribution is 5.96. The van der Waals surface area contributed by atoms with Crippen molar-refractivity contribution in [2.75, 3.05) is 26.7 Å². The molecule has 0 atom stereocenters. The third kappa shape index (κ3) is 3.07. The van der Waals surface area contributed by atoms with Crippen molar-refractivity contribution in [2.45, 2.75) is 45.2 Å². The second-order valence-corrected chi connectivity index (χ2v) is 8.36. The largest absolute Gasteiger partial charge is 0.472 e. The van der Waals surface area contributed by atoms with Crippen LogP contribution in [-0.4, -0.2) is 52.2 Å². The molecular weight excluding hydrogens is 328 g/mol. The van der Waals surface area contributed by atoms with Crippen LogP contribution in [0.1, 0.15) is 48.3 Å². The summed E-state index contributed by atoms with van der Waals surface area (Å²) in [7, 11) is 1.92. The molecule has 6 nitrogen and oxygen atoms in total. The van der Waals surface area contributed by atoms with Crippen molar-refractivity contribution in [1.82, 2.24) is 19.6 Å². The van der Waals surface area contributed by atoms with Crippen LogP contribution in [-0.2, 0) is 18.5 Å². The first-order chi connectivity index (χ1) is 12.5. The number of carbonyl (C=O) groups is 1. The van der Waals surface area contributed by atoms with Gasteiger partial charge < -0.3 is 9.32 Å². The molecule has 0 radical (unpaired) electrons. The molecule has 0 saturated carbocycles. The molecule has 4 rings (SSSR count). The van der Waals surface area contributed by atoms with Crippen LogP contribution < -0.4 is 0 Å².